The highest BCUT2D eigenvalue weighted by Gasteiger charge is 2.41. The number of benzene rings is 1. The minimum atomic E-state index is -4.43. The molecule has 2 N–H and O–H groups in total. The van der Waals surface area contributed by atoms with Crippen molar-refractivity contribution in [2.45, 2.75) is 18.0 Å². The maximum Gasteiger partial charge on any atom is 0.416 e. The van der Waals surface area contributed by atoms with E-state index in [2.05, 4.69) is 5.32 Å². The molecule has 1 saturated heterocycles. The van der Waals surface area contributed by atoms with E-state index in [1.165, 1.54) is 12.1 Å². The fourth-order valence-electron chi connectivity index (χ4n) is 2.13. The Labute approximate surface area is 102 Å². The summed E-state index contributed by atoms with van der Waals surface area (Å²) in [4.78, 5) is 11.2. The smallest absolute Gasteiger partial charge is 0.395 e. The van der Waals surface area contributed by atoms with E-state index in [0.29, 0.717) is 5.56 Å². The summed E-state index contributed by atoms with van der Waals surface area (Å²) in [7, 11) is 0. The number of alkyl halides is 3. The summed E-state index contributed by atoms with van der Waals surface area (Å²) in [6.45, 7) is -0.212. The highest BCUT2D eigenvalue weighted by molar-refractivity contribution is 5.80. The van der Waals surface area contributed by atoms with E-state index in [1.54, 1.807) is 0 Å². The molecule has 0 bridgehead atoms. The second-order valence-electron chi connectivity index (χ2n) is 4.47. The maximum atomic E-state index is 12.6. The van der Waals surface area contributed by atoms with Gasteiger partial charge in [-0.25, -0.2) is 0 Å². The molecule has 1 amide bonds. The Kier molecular flexibility index (Phi) is 3.06. The Morgan fingerprint density at radius 3 is 2.61 bits per heavy atom. The van der Waals surface area contributed by atoms with E-state index in [9.17, 15) is 23.1 Å². The Morgan fingerprint density at radius 1 is 1.39 bits per heavy atom. The molecule has 1 unspecified atom stereocenters. The van der Waals surface area contributed by atoms with Crippen molar-refractivity contribution in [2.75, 3.05) is 13.2 Å². The zero-order chi connectivity index (χ0) is 13.4. The van der Waals surface area contributed by atoms with Gasteiger partial charge in [0.2, 0.25) is 5.91 Å². The number of amides is 1. The largest absolute Gasteiger partial charge is 0.416 e. The summed E-state index contributed by atoms with van der Waals surface area (Å²) in [5.74, 6) is -0.263. The second-order valence-corrected chi connectivity index (χ2v) is 4.47. The molecule has 1 atom stereocenters. The van der Waals surface area contributed by atoms with E-state index in [0.717, 1.165) is 12.1 Å². The fourth-order valence-corrected chi connectivity index (χ4v) is 2.13. The summed E-state index contributed by atoms with van der Waals surface area (Å²) in [6, 6.07) is 4.76. The molecule has 18 heavy (non-hydrogen) atoms. The molecular formula is C12H12F3NO2. The molecule has 1 aliphatic heterocycles. The fraction of sp³-hybridized carbons (Fsp3) is 0.417. The van der Waals surface area contributed by atoms with Gasteiger partial charge in [-0.1, -0.05) is 18.2 Å². The van der Waals surface area contributed by atoms with Gasteiger partial charge in [0.05, 0.1) is 12.2 Å². The number of halogens is 3. The van der Waals surface area contributed by atoms with Crippen LogP contribution in [0.5, 0.6) is 0 Å². The van der Waals surface area contributed by atoms with Crippen molar-refractivity contribution in [3.63, 3.8) is 0 Å². The number of aliphatic hydroxyl groups is 1. The van der Waals surface area contributed by atoms with Crippen LogP contribution >= 0.6 is 0 Å². The van der Waals surface area contributed by atoms with Crippen LogP contribution in [0.15, 0.2) is 24.3 Å². The zero-order valence-corrected chi connectivity index (χ0v) is 9.42. The predicted octanol–water partition coefficient (Wildman–Crippen LogP) is 1.46. The Morgan fingerprint density at radius 2 is 2.11 bits per heavy atom. The molecule has 1 aromatic rings. The van der Waals surface area contributed by atoms with Crippen LogP contribution in [0, 0.1) is 0 Å². The van der Waals surface area contributed by atoms with Crippen molar-refractivity contribution in [1.29, 1.82) is 0 Å². The molecule has 6 heteroatoms. The highest BCUT2D eigenvalue weighted by atomic mass is 19.4. The molecule has 0 radical (unpaired) electrons. The minimum Gasteiger partial charge on any atom is -0.395 e. The quantitative estimate of drug-likeness (QED) is 0.844. The average Bonchev–Trinajstić information content (AvgIpc) is 2.71. The van der Waals surface area contributed by atoms with Crippen LogP contribution in [0.25, 0.3) is 0 Å². The van der Waals surface area contributed by atoms with E-state index in [1.807, 2.05) is 0 Å². The van der Waals surface area contributed by atoms with Crippen LogP contribution in [0.3, 0.4) is 0 Å². The van der Waals surface area contributed by atoms with Gasteiger partial charge in [0, 0.05) is 18.4 Å². The molecular weight excluding hydrogens is 247 g/mol. The highest BCUT2D eigenvalue weighted by Crippen LogP contribution is 2.35. The summed E-state index contributed by atoms with van der Waals surface area (Å²) >= 11 is 0. The third kappa shape index (κ3) is 2.20. The molecule has 0 aromatic heterocycles. The van der Waals surface area contributed by atoms with Crippen molar-refractivity contribution in [1.82, 2.24) is 5.32 Å². The van der Waals surface area contributed by atoms with E-state index >= 15 is 0 Å². The van der Waals surface area contributed by atoms with Gasteiger partial charge < -0.3 is 10.4 Å². The van der Waals surface area contributed by atoms with E-state index < -0.39 is 17.2 Å². The first-order valence-electron chi connectivity index (χ1n) is 5.43. The molecule has 2 rings (SSSR count). The van der Waals surface area contributed by atoms with Gasteiger partial charge in [-0.15, -0.1) is 0 Å². The maximum absolute atomic E-state index is 12.6. The van der Waals surface area contributed by atoms with Gasteiger partial charge in [-0.2, -0.15) is 13.2 Å². The van der Waals surface area contributed by atoms with Crippen molar-refractivity contribution in [2.24, 2.45) is 0 Å². The normalized spacial score (nSPS) is 24.1. The average molecular weight is 259 g/mol. The van der Waals surface area contributed by atoms with Gasteiger partial charge in [0.15, 0.2) is 0 Å². The number of nitrogens with one attached hydrogen (secondary N) is 1. The molecule has 0 saturated carbocycles. The lowest BCUT2D eigenvalue weighted by Gasteiger charge is -2.25. The molecule has 0 aliphatic carbocycles. The van der Waals surface area contributed by atoms with Crippen molar-refractivity contribution >= 4 is 5.91 Å². The number of carbonyl (C=O) groups excluding carboxylic acids is 1. The topological polar surface area (TPSA) is 49.3 Å². The number of hydrogen-bond acceptors (Lipinski definition) is 2. The number of rotatable bonds is 2. The molecule has 3 nitrogen and oxygen atoms in total. The lowest BCUT2D eigenvalue weighted by molar-refractivity contribution is -0.137. The summed E-state index contributed by atoms with van der Waals surface area (Å²) in [6.07, 6.45) is -4.42. The number of carbonyl (C=O) groups is 1. The molecule has 98 valence electrons. The standard InChI is InChI=1S/C12H12F3NO2/c13-12(14,15)9-3-1-2-8(4-9)11(7-17)5-10(18)16-6-11/h1-4,17H,5-7H2,(H,16,18). The van der Waals surface area contributed by atoms with Crippen molar-refractivity contribution < 1.29 is 23.1 Å². The van der Waals surface area contributed by atoms with E-state index in [-0.39, 0.29) is 25.5 Å². The Bertz CT molecular complexity index is 473. The first kappa shape index (κ1) is 12.9. The summed E-state index contributed by atoms with van der Waals surface area (Å²) in [5, 5.41) is 11.9. The summed E-state index contributed by atoms with van der Waals surface area (Å²) in [5.41, 5.74) is -1.39. The van der Waals surface area contributed by atoms with Crippen molar-refractivity contribution in [3.05, 3.63) is 35.4 Å². The molecule has 1 aliphatic rings. The third-order valence-electron chi connectivity index (χ3n) is 3.23. The molecule has 1 aromatic carbocycles. The SMILES string of the molecule is O=C1CC(CO)(c2cccc(C(F)(F)F)c2)CN1. The monoisotopic (exact) mass is 259 g/mol. The van der Waals surface area contributed by atoms with Crippen LogP contribution in [-0.2, 0) is 16.4 Å². The van der Waals surface area contributed by atoms with Crippen LogP contribution < -0.4 is 5.32 Å². The van der Waals surface area contributed by atoms with Crippen LogP contribution in [0.2, 0.25) is 0 Å². The Balaban J connectivity index is 2.41. The molecule has 1 fully saturated rings. The predicted molar refractivity (Wildman–Crippen MR) is 57.8 cm³/mol. The molecule has 1 heterocycles. The van der Waals surface area contributed by atoms with Crippen LogP contribution in [-0.4, -0.2) is 24.2 Å². The zero-order valence-electron chi connectivity index (χ0n) is 9.42. The lowest BCUT2D eigenvalue weighted by Crippen LogP contribution is -2.33. The van der Waals surface area contributed by atoms with Gasteiger partial charge in [-0.3, -0.25) is 4.79 Å². The minimum absolute atomic E-state index is 0.00477. The first-order chi connectivity index (χ1) is 8.37. The molecule has 0 spiro atoms. The van der Waals surface area contributed by atoms with Gasteiger partial charge in [0.25, 0.3) is 0 Å². The van der Waals surface area contributed by atoms with Gasteiger partial charge >= 0.3 is 6.18 Å². The van der Waals surface area contributed by atoms with Gasteiger partial charge in [0.1, 0.15) is 0 Å². The van der Waals surface area contributed by atoms with Crippen LogP contribution in [0.1, 0.15) is 17.5 Å². The number of hydrogen-bond donors (Lipinski definition) is 2. The van der Waals surface area contributed by atoms with Gasteiger partial charge in [-0.05, 0) is 11.6 Å². The van der Waals surface area contributed by atoms with E-state index in [4.69, 9.17) is 0 Å². The van der Waals surface area contributed by atoms with Crippen LogP contribution in [0.4, 0.5) is 13.2 Å². The lowest BCUT2D eigenvalue weighted by atomic mass is 9.80. The summed E-state index contributed by atoms with van der Waals surface area (Å²) < 4.78 is 37.8. The second kappa shape index (κ2) is 4.28. The number of aliphatic hydroxyl groups excluding tert-OH is 1. The third-order valence-corrected chi connectivity index (χ3v) is 3.23. The van der Waals surface area contributed by atoms with Crippen molar-refractivity contribution in [3.8, 4) is 0 Å². The first-order valence-corrected chi connectivity index (χ1v) is 5.43. The Hall–Kier alpha value is -1.56.